The fourth-order valence-electron chi connectivity index (χ4n) is 4.73. The fraction of sp³-hybridized carbons (Fsp3) is 0.545. The first-order valence-corrected chi connectivity index (χ1v) is 12.0. The van der Waals surface area contributed by atoms with Crippen LogP contribution in [0.5, 0.6) is 0 Å². The summed E-state index contributed by atoms with van der Waals surface area (Å²) in [6, 6.07) is 1.76. The lowest BCUT2D eigenvalue weighted by atomic mass is 10.0. The van der Waals surface area contributed by atoms with Gasteiger partial charge in [-0.3, -0.25) is 4.79 Å². The second-order valence-electron chi connectivity index (χ2n) is 8.69. The number of halogens is 7. The Morgan fingerprint density at radius 3 is 1.97 bits per heavy atom. The van der Waals surface area contributed by atoms with Gasteiger partial charge in [0.1, 0.15) is 15.2 Å². The largest absolute Gasteiger partial charge is 0.416 e. The van der Waals surface area contributed by atoms with Crippen molar-refractivity contribution >= 4 is 28.5 Å². The lowest BCUT2D eigenvalue weighted by Crippen LogP contribution is -2.46. The normalized spacial score (nSPS) is 18.6. The van der Waals surface area contributed by atoms with Crippen molar-refractivity contribution in [3.63, 3.8) is 0 Å². The third-order valence-electron chi connectivity index (χ3n) is 6.51. The Morgan fingerprint density at radius 1 is 0.941 bits per heavy atom. The van der Waals surface area contributed by atoms with Crippen molar-refractivity contribution in [2.75, 3.05) is 26.2 Å². The van der Waals surface area contributed by atoms with Crippen molar-refractivity contribution < 1.29 is 31.1 Å². The Balaban J connectivity index is 1.62. The number of piperidine rings is 1. The summed E-state index contributed by atoms with van der Waals surface area (Å²) in [4.78, 5) is 21.6. The Bertz CT molecular complexity index is 1030. The summed E-state index contributed by atoms with van der Waals surface area (Å²) in [6.45, 7) is 3.22. The highest BCUT2D eigenvalue weighted by Crippen LogP contribution is 2.39. The number of benzene rings is 1. The molecule has 12 heteroatoms. The van der Waals surface area contributed by atoms with Crippen LogP contribution in [0, 0.1) is 3.70 Å². The number of imidazole rings is 1. The predicted molar refractivity (Wildman–Crippen MR) is 121 cm³/mol. The first-order valence-electron chi connectivity index (χ1n) is 10.9. The molecule has 0 aliphatic carbocycles. The number of hydrogen-bond acceptors (Lipinski definition) is 3. The molecule has 0 unspecified atom stereocenters. The van der Waals surface area contributed by atoms with Crippen LogP contribution in [-0.2, 0) is 19.4 Å². The number of likely N-dealkylation sites (tertiary alicyclic amines) is 2. The van der Waals surface area contributed by atoms with Gasteiger partial charge >= 0.3 is 12.4 Å². The van der Waals surface area contributed by atoms with Crippen LogP contribution in [0.1, 0.15) is 47.3 Å². The van der Waals surface area contributed by atoms with Gasteiger partial charge in [0, 0.05) is 31.7 Å². The van der Waals surface area contributed by atoms with E-state index < -0.39 is 23.5 Å². The number of nitrogens with zero attached hydrogens (tertiary/aromatic N) is 4. The Labute approximate surface area is 206 Å². The van der Waals surface area contributed by atoms with E-state index in [1.165, 1.54) is 24.5 Å². The van der Waals surface area contributed by atoms with E-state index in [4.69, 9.17) is 0 Å². The lowest BCUT2D eigenvalue weighted by Gasteiger charge is -2.36. The highest BCUT2D eigenvalue weighted by molar-refractivity contribution is 14.1. The zero-order valence-electron chi connectivity index (χ0n) is 18.3. The molecule has 5 nitrogen and oxygen atoms in total. The molecular formula is C22H23F6IN4O. The van der Waals surface area contributed by atoms with Crippen LogP contribution < -0.4 is 0 Å². The van der Waals surface area contributed by atoms with Crippen LogP contribution in [0.25, 0.3) is 11.4 Å². The number of hydrogen-bond donors (Lipinski definition) is 0. The molecular weight excluding hydrogens is 577 g/mol. The van der Waals surface area contributed by atoms with Crippen LogP contribution in [0.4, 0.5) is 26.3 Å². The van der Waals surface area contributed by atoms with Crippen LogP contribution in [0.3, 0.4) is 0 Å². The van der Waals surface area contributed by atoms with Crippen molar-refractivity contribution in [1.82, 2.24) is 19.4 Å². The molecule has 0 bridgehead atoms. The average Bonchev–Trinajstić information content (AvgIpc) is 3.40. The SMILES string of the molecule is Cn1c(-c2cc(C(F)(F)F)cc(C(F)(F)F)c2)nc(I)c1C(=O)N1CCC(N2CCCC2)CC1. The summed E-state index contributed by atoms with van der Waals surface area (Å²) in [6.07, 6.45) is -5.91. The smallest absolute Gasteiger partial charge is 0.337 e. The molecule has 2 fully saturated rings. The molecule has 4 rings (SSSR count). The molecule has 0 atom stereocenters. The van der Waals surface area contributed by atoms with Crippen LogP contribution in [-0.4, -0.2) is 57.5 Å². The average molecular weight is 600 g/mol. The second kappa shape index (κ2) is 9.32. The summed E-state index contributed by atoms with van der Waals surface area (Å²) in [5.41, 5.74) is -3.05. The lowest BCUT2D eigenvalue weighted by molar-refractivity contribution is -0.143. The molecule has 0 saturated carbocycles. The Kier molecular flexibility index (Phi) is 6.93. The summed E-state index contributed by atoms with van der Waals surface area (Å²) in [5.74, 6) is -0.454. The number of amides is 1. The molecule has 186 valence electrons. The quantitative estimate of drug-likeness (QED) is 0.349. The molecule has 2 aliphatic rings. The molecule has 2 aliphatic heterocycles. The third-order valence-corrected chi connectivity index (χ3v) is 7.26. The minimum absolute atomic E-state index is 0.0774. The van der Waals surface area contributed by atoms with Gasteiger partial charge < -0.3 is 14.4 Å². The van der Waals surface area contributed by atoms with Gasteiger partial charge in [-0.05, 0) is 79.6 Å². The maximum Gasteiger partial charge on any atom is 0.416 e. The van der Waals surface area contributed by atoms with Gasteiger partial charge in [-0.25, -0.2) is 4.98 Å². The molecule has 0 N–H and O–H groups in total. The van der Waals surface area contributed by atoms with Crippen molar-refractivity contribution in [3.05, 3.63) is 38.7 Å². The van der Waals surface area contributed by atoms with Crippen LogP contribution in [0.15, 0.2) is 18.2 Å². The van der Waals surface area contributed by atoms with E-state index in [9.17, 15) is 31.1 Å². The summed E-state index contributed by atoms with van der Waals surface area (Å²) in [5, 5.41) is 0. The molecule has 2 aromatic rings. The molecule has 34 heavy (non-hydrogen) atoms. The highest BCUT2D eigenvalue weighted by Gasteiger charge is 2.38. The van der Waals surface area contributed by atoms with Gasteiger partial charge in [0.2, 0.25) is 0 Å². The zero-order valence-corrected chi connectivity index (χ0v) is 20.5. The standard InChI is InChI=1S/C22H23F6IN4O/c1-31-17(20(34)33-8-4-16(5-9-33)32-6-2-3-7-32)18(29)30-19(31)13-10-14(21(23,24)25)12-15(11-13)22(26,27)28/h10-12,16H,2-9H2,1H3. The van der Waals surface area contributed by atoms with Gasteiger partial charge in [-0.15, -0.1) is 0 Å². The first-order chi connectivity index (χ1) is 15.9. The predicted octanol–water partition coefficient (Wildman–Crippen LogP) is 5.43. The van der Waals surface area contributed by atoms with Crippen LogP contribution in [0.2, 0.25) is 0 Å². The molecule has 1 aromatic carbocycles. The molecule has 0 radical (unpaired) electrons. The van der Waals surface area contributed by atoms with Gasteiger partial charge in [0.25, 0.3) is 5.91 Å². The van der Waals surface area contributed by atoms with E-state index in [-0.39, 0.29) is 32.8 Å². The number of aromatic nitrogens is 2. The summed E-state index contributed by atoms with van der Waals surface area (Å²) >= 11 is 1.80. The van der Waals surface area contributed by atoms with E-state index in [0.717, 1.165) is 25.9 Å². The van der Waals surface area contributed by atoms with Crippen LogP contribution >= 0.6 is 22.6 Å². The Morgan fingerprint density at radius 2 is 1.47 bits per heavy atom. The minimum atomic E-state index is -4.97. The number of alkyl halides is 6. The molecule has 2 saturated heterocycles. The van der Waals surface area contributed by atoms with Crippen molar-refractivity contribution in [2.24, 2.45) is 7.05 Å². The van der Waals surface area contributed by atoms with Gasteiger partial charge in [0.05, 0.1) is 11.1 Å². The van der Waals surface area contributed by atoms with E-state index in [1.807, 2.05) is 0 Å². The number of carbonyl (C=O) groups excluding carboxylic acids is 1. The Hall–Kier alpha value is -1.83. The maximum absolute atomic E-state index is 13.3. The fourth-order valence-corrected chi connectivity index (χ4v) is 5.55. The van der Waals surface area contributed by atoms with Gasteiger partial charge in [-0.1, -0.05) is 0 Å². The molecule has 0 spiro atoms. The second-order valence-corrected chi connectivity index (χ2v) is 9.72. The van der Waals surface area contributed by atoms with Crippen molar-refractivity contribution in [1.29, 1.82) is 0 Å². The van der Waals surface area contributed by atoms with Crippen molar-refractivity contribution in [2.45, 2.75) is 44.1 Å². The van der Waals surface area contributed by atoms with E-state index in [2.05, 4.69) is 9.88 Å². The number of rotatable bonds is 3. The minimum Gasteiger partial charge on any atom is -0.337 e. The highest BCUT2D eigenvalue weighted by atomic mass is 127. The van der Waals surface area contributed by atoms with E-state index in [0.29, 0.717) is 31.3 Å². The van der Waals surface area contributed by atoms with Crippen molar-refractivity contribution in [3.8, 4) is 11.4 Å². The molecule has 3 heterocycles. The summed E-state index contributed by atoms with van der Waals surface area (Å²) < 4.78 is 81.3. The van der Waals surface area contributed by atoms with Gasteiger partial charge in [-0.2, -0.15) is 26.3 Å². The summed E-state index contributed by atoms with van der Waals surface area (Å²) in [7, 11) is 1.43. The third kappa shape index (κ3) is 5.07. The van der Waals surface area contributed by atoms with E-state index >= 15 is 0 Å². The topological polar surface area (TPSA) is 41.4 Å². The maximum atomic E-state index is 13.3. The first kappa shape index (κ1) is 25.3. The van der Waals surface area contributed by atoms with E-state index in [1.54, 1.807) is 27.5 Å². The zero-order chi connectivity index (χ0) is 24.8. The monoisotopic (exact) mass is 600 g/mol. The van der Waals surface area contributed by atoms with Gasteiger partial charge in [0.15, 0.2) is 0 Å². The molecule has 1 aromatic heterocycles. The molecule has 1 amide bonds. The number of carbonyl (C=O) groups is 1.